The van der Waals surface area contributed by atoms with E-state index in [1.807, 2.05) is 0 Å². The molecule has 0 aliphatic carbocycles. The Hall–Kier alpha value is -3.09. The van der Waals surface area contributed by atoms with Crippen LogP contribution in [0.4, 0.5) is 13.2 Å². The molecule has 134 valence electrons. The van der Waals surface area contributed by atoms with Crippen LogP contribution in [0.5, 0.6) is 0 Å². The summed E-state index contributed by atoms with van der Waals surface area (Å²) in [5.74, 6) is -3.58. The number of halogens is 3. The van der Waals surface area contributed by atoms with Crippen LogP contribution in [0.1, 0.15) is 22.8 Å². The minimum atomic E-state index is -1.19. The number of carbonyl (C=O) groups excluding carboxylic acids is 1. The van der Waals surface area contributed by atoms with E-state index in [1.54, 1.807) is 6.92 Å². The summed E-state index contributed by atoms with van der Waals surface area (Å²) >= 11 is 0. The molecule has 0 fully saturated rings. The predicted molar refractivity (Wildman–Crippen MR) is 89.6 cm³/mol. The smallest absolute Gasteiger partial charge is 0.343 e. The van der Waals surface area contributed by atoms with Crippen LogP contribution in [0.3, 0.4) is 0 Å². The number of rotatable bonds is 4. The van der Waals surface area contributed by atoms with Crippen molar-refractivity contribution >= 4 is 16.9 Å². The molecule has 26 heavy (non-hydrogen) atoms. The number of pyridine rings is 1. The lowest BCUT2D eigenvalue weighted by Crippen LogP contribution is -2.21. The zero-order valence-electron chi connectivity index (χ0n) is 13.8. The molecule has 1 heterocycles. The number of hydrogen-bond acceptors (Lipinski definition) is 3. The molecule has 0 aliphatic rings. The van der Waals surface area contributed by atoms with E-state index in [9.17, 15) is 22.8 Å². The summed E-state index contributed by atoms with van der Waals surface area (Å²) in [4.78, 5) is 24.6. The molecular formula is C19H14F3NO3. The zero-order chi connectivity index (χ0) is 18.8. The Bertz CT molecular complexity index is 1040. The van der Waals surface area contributed by atoms with Gasteiger partial charge in [-0.05, 0) is 30.7 Å². The molecule has 0 unspecified atom stereocenters. The molecule has 7 heteroatoms. The second-order valence-electron chi connectivity index (χ2n) is 5.63. The number of nitrogens with zero attached hydrogens (tertiary/aromatic N) is 1. The minimum absolute atomic E-state index is 0.0616. The van der Waals surface area contributed by atoms with Gasteiger partial charge in [0.05, 0.1) is 12.1 Å². The van der Waals surface area contributed by atoms with Crippen molar-refractivity contribution < 1.29 is 22.7 Å². The average Bonchev–Trinajstić information content (AvgIpc) is 2.61. The summed E-state index contributed by atoms with van der Waals surface area (Å²) in [6.45, 7) is 1.77. The van der Waals surface area contributed by atoms with E-state index in [1.165, 1.54) is 35.0 Å². The fourth-order valence-corrected chi connectivity index (χ4v) is 2.66. The first-order valence-corrected chi connectivity index (χ1v) is 7.84. The highest BCUT2D eigenvalue weighted by Crippen LogP contribution is 2.19. The number of benzene rings is 2. The Morgan fingerprint density at radius 1 is 1.08 bits per heavy atom. The number of aromatic nitrogens is 1. The highest BCUT2D eigenvalue weighted by molar-refractivity contribution is 5.93. The van der Waals surface area contributed by atoms with E-state index >= 15 is 0 Å². The lowest BCUT2D eigenvalue weighted by atomic mass is 10.1. The quantitative estimate of drug-likeness (QED) is 0.667. The molecule has 2 aromatic carbocycles. The van der Waals surface area contributed by atoms with Crippen molar-refractivity contribution in [1.82, 2.24) is 4.57 Å². The molecule has 4 nitrogen and oxygen atoms in total. The van der Waals surface area contributed by atoms with E-state index in [4.69, 9.17) is 4.74 Å². The van der Waals surface area contributed by atoms with Crippen molar-refractivity contribution in [2.75, 3.05) is 6.61 Å². The fraction of sp³-hybridized carbons (Fsp3) is 0.158. The number of fused-ring (bicyclic) bond motifs is 1. The molecule has 0 saturated heterocycles. The van der Waals surface area contributed by atoms with Crippen LogP contribution < -0.4 is 5.43 Å². The molecule has 0 saturated carbocycles. The van der Waals surface area contributed by atoms with Crippen LogP contribution in [-0.2, 0) is 11.3 Å². The van der Waals surface area contributed by atoms with Crippen LogP contribution in [0.25, 0.3) is 10.9 Å². The molecule has 0 atom stereocenters. The maximum absolute atomic E-state index is 13.7. The summed E-state index contributed by atoms with van der Waals surface area (Å²) in [6, 6.07) is 7.20. The lowest BCUT2D eigenvalue weighted by molar-refractivity contribution is 0.0524. The van der Waals surface area contributed by atoms with Crippen molar-refractivity contribution in [2.45, 2.75) is 13.5 Å². The molecule has 0 spiro atoms. The van der Waals surface area contributed by atoms with Gasteiger partial charge in [0.2, 0.25) is 5.43 Å². The number of esters is 1. The van der Waals surface area contributed by atoms with Gasteiger partial charge in [-0.2, -0.15) is 0 Å². The van der Waals surface area contributed by atoms with Gasteiger partial charge >= 0.3 is 5.97 Å². The first kappa shape index (κ1) is 17.7. The number of ether oxygens (including phenoxy) is 1. The third-order valence-electron chi connectivity index (χ3n) is 3.88. The van der Waals surface area contributed by atoms with Gasteiger partial charge in [0.1, 0.15) is 11.4 Å². The van der Waals surface area contributed by atoms with E-state index < -0.39 is 28.8 Å². The summed E-state index contributed by atoms with van der Waals surface area (Å²) in [7, 11) is 0. The van der Waals surface area contributed by atoms with E-state index in [2.05, 4.69) is 0 Å². The average molecular weight is 361 g/mol. The third kappa shape index (κ3) is 3.33. The maximum atomic E-state index is 13.7. The molecule has 0 radical (unpaired) electrons. The molecule has 0 amide bonds. The predicted octanol–water partition coefficient (Wildman–Crippen LogP) is 3.64. The van der Waals surface area contributed by atoms with Crippen LogP contribution in [-0.4, -0.2) is 17.1 Å². The Morgan fingerprint density at radius 2 is 1.73 bits per heavy atom. The molecule has 0 N–H and O–H groups in total. The lowest BCUT2D eigenvalue weighted by Gasteiger charge is -2.14. The van der Waals surface area contributed by atoms with Gasteiger partial charge in [0, 0.05) is 24.2 Å². The molecular weight excluding hydrogens is 347 g/mol. The summed E-state index contributed by atoms with van der Waals surface area (Å²) in [6.07, 6.45) is 1.24. The molecule has 3 rings (SSSR count). The third-order valence-corrected chi connectivity index (χ3v) is 3.88. The van der Waals surface area contributed by atoms with E-state index in [-0.39, 0.29) is 29.6 Å². The maximum Gasteiger partial charge on any atom is 0.343 e. The van der Waals surface area contributed by atoms with Gasteiger partial charge < -0.3 is 9.30 Å². The molecule has 0 aliphatic heterocycles. The van der Waals surface area contributed by atoms with Crippen molar-refractivity contribution in [3.63, 3.8) is 0 Å². The highest BCUT2D eigenvalue weighted by atomic mass is 19.2. The monoisotopic (exact) mass is 361 g/mol. The van der Waals surface area contributed by atoms with Gasteiger partial charge in [0.15, 0.2) is 11.6 Å². The Balaban J connectivity index is 2.23. The molecule has 1 aromatic heterocycles. The second-order valence-corrected chi connectivity index (χ2v) is 5.63. The van der Waals surface area contributed by atoms with Crippen molar-refractivity contribution in [3.8, 4) is 0 Å². The van der Waals surface area contributed by atoms with Gasteiger partial charge in [-0.1, -0.05) is 12.1 Å². The fourth-order valence-electron chi connectivity index (χ4n) is 2.66. The first-order chi connectivity index (χ1) is 12.4. The first-order valence-electron chi connectivity index (χ1n) is 7.84. The number of carbonyl (C=O) groups is 1. The van der Waals surface area contributed by atoms with Crippen molar-refractivity contribution in [3.05, 3.63) is 81.4 Å². The molecule has 3 aromatic rings. The second kappa shape index (κ2) is 7.03. The Kier molecular flexibility index (Phi) is 4.79. The molecule has 0 bridgehead atoms. The normalized spacial score (nSPS) is 10.9. The van der Waals surface area contributed by atoms with E-state index in [0.717, 1.165) is 12.1 Å². The van der Waals surface area contributed by atoms with Crippen LogP contribution in [0.15, 0.2) is 47.4 Å². The van der Waals surface area contributed by atoms with Crippen molar-refractivity contribution in [1.29, 1.82) is 0 Å². The topological polar surface area (TPSA) is 48.3 Å². The summed E-state index contributed by atoms with van der Waals surface area (Å²) in [5, 5.41) is -0.142. The van der Waals surface area contributed by atoms with E-state index in [0.29, 0.717) is 5.56 Å². The minimum Gasteiger partial charge on any atom is -0.462 e. The van der Waals surface area contributed by atoms with Crippen LogP contribution in [0, 0.1) is 17.5 Å². The standard InChI is InChI=1S/C19H14F3NO3/c1-2-26-19(25)14-10-23(9-11-3-5-12(20)6-4-11)17-8-16(22)15(21)7-13(17)18(14)24/h3-8,10H,2,9H2,1H3. The van der Waals surface area contributed by atoms with Gasteiger partial charge in [0.25, 0.3) is 0 Å². The SMILES string of the molecule is CCOC(=O)c1cn(Cc2ccc(F)cc2)c2cc(F)c(F)cc2c1=O. The highest BCUT2D eigenvalue weighted by Gasteiger charge is 2.18. The van der Waals surface area contributed by atoms with Gasteiger partial charge in [-0.25, -0.2) is 18.0 Å². The zero-order valence-corrected chi connectivity index (χ0v) is 13.8. The van der Waals surface area contributed by atoms with Gasteiger partial charge in [-0.15, -0.1) is 0 Å². The van der Waals surface area contributed by atoms with Crippen molar-refractivity contribution in [2.24, 2.45) is 0 Å². The Labute approximate surface area is 146 Å². The summed E-state index contributed by atoms with van der Waals surface area (Å²) < 4.78 is 46.7. The Morgan fingerprint density at radius 3 is 2.38 bits per heavy atom. The van der Waals surface area contributed by atoms with Gasteiger partial charge in [-0.3, -0.25) is 4.79 Å². The van der Waals surface area contributed by atoms with Crippen LogP contribution >= 0.6 is 0 Å². The number of hydrogen-bond donors (Lipinski definition) is 0. The van der Waals surface area contributed by atoms with Crippen LogP contribution in [0.2, 0.25) is 0 Å². The largest absolute Gasteiger partial charge is 0.462 e. The summed E-state index contributed by atoms with van der Waals surface area (Å²) in [5.41, 5.74) is -0.262.